The largest absolute Gasteiger partial charge is 0.380 e. The first kappa shape index (κ1) is 8.89. The van der Waals surface area contributed by atoms with Crippen LogP contribution < -0.4 is 0 Å². The van der Waals surface area contributed by atoms with Crippen molar-refractivity contribution < 1.29 is 5.11 Å². The highest BCUT2D eigenvalue weighted by Gasteiger charge is 2.17. The van der Waals surface area contributed by atoms with Gasteiger partial charge in [0, 0.05) is 20.3 Å². The lowest BCUT2D eigenvalue weighted by molar-refractivity contribution is 0.199. The minimum Gasteiger partial charge on any atom is -0.380 e. The van der Waals surface area contributed by atoms with Crippen LogP contribution in [0.5, 0.6) is 0 Å². The maximum atomic E-state index is 9.97. The summed E-state index contributed by atoms with van der Waals surface area (Å²) < 4.78 is 3.16. The van der Waals surface area contributed by atoms with Crippen LogP contribution in [0.25, 0.3) is 0 Å². The topological polar surface area (TPSA) is 68.8 Å². The molecule has 0 aliphatic carbocycles. The van der Waals surface area contributed by atoms with Crippen LogP contribution in [0.4, 0.5) is 0 Å². The van der Waals surface area contributed by atoms with Crippen LogP contribution in [-0.4, -0.2) is 29.9 Å². The molecule has 0 saturated carbocycles. The number of aryl methyl sites for hydroxylation is 2. The van der Waals surface area contributed by atoms with Crippen molar-refractivity contribution in [1.82, 2.24) is 24.8 Å². The fraction of sp³-hybridized carbons (Fsp3) is 0.375. The first-order chi connectivity index (χ1) is 6.70. The van der Waals surface area contributed by atoms with Crippen molar-refractivity contribution in [3.8, 4) is 0 Å². The van der Waals surface area contributed by atoms with Gasteiger partial charge in [-0.1, -0.05) is 5.21 Å². The molecule has 0 radical (unpaired) electrons. The molecule has 2 aromatic heterocycles. The highest BCUT2D eigenvalue weighted by molar-refractivity contribution is 5.16. The second-order valence-electron chi connectivity index (χ2n) is 3.06. The summed E-state index contributed by atoms with van der Waals surface area (Å²) in [5.41, 5.74) is 1.36. The summed E-state index contributed by atoms with van der Waals surface area (Å²) in [4.78, 5) is 0. The third-order valence-corrected chi connectivity index (χ3v) is 2.17. The van der Waals surface area contributed by atoms with E-state index in [-0.39, 0.29) is 0 Å². The molecule has 14 heavy (non-hydrogen) atoms. The molecule has 1 N–H and O–H groups in total. The molecule has 0 aromatic carbocycles. The van der Waals surface area contributed by atoms with E-state index in [1.165, 1.54) is 10.9 Å². The molecule has 0 fully saturated rings. The molecule has 6 nitrogen and oxygen atoms in total. The molecule has 0 saturated heterocycles. The molecule has 2 rings (SSSR count). The second kappa shape index (κ2) is 3.22. The number of aliphatic hydroxyl groups excluding tert-OH is 1. The molecule has 1 unspecified atom stereocenters. The van der Waals surface area contributed by atoms with Gasteiger partial charge in [-0.3, -0.25) is 4.68 Å². The molecular formula is C8H11N5O. The maximum absolute atomic E-state index is 9.97. The lowest BCUT2D eigenvalue weighted by Gasteiger charge is -2.09. The number of hydrogen-bond donors (Lipinski definition) is 1. The minimum atomic E-state index is -0.734. The van der Waals surface area contributed by atoms with E-state index < -0.39 is 6.10 Å². The van der Waals surface area contributed by atoms with E-state index in [1.807, 2.05) is 0 Å². The zero-order valence-corrected chi connectivity index (χ0v) is 7.99. The third-order valence-electron chi connectivity index (χ3n) is 2.17. The van der Waals surface area contributed by atoms with E-state index in [4.69, 9.17) is 0 Å². The summed E-state index contributed by atoms with van der Waals surface area (Å²) in [7, 11) is 3.52. The van der Waals surface area contributed by atoms with Gasteiger partial charge in [-0.25, -0.2) is 4.68 Å². The Balaban J connectivity index is 2.38. The van der Waals surface area contributed by atoms with E-state index in [0.29, 0.717) is 5.69 Å². The van der Waals surface area contributed by atoms with Crippen molar-refractivity contribution in [1.29, 1.82) is 0 Å². The van der Waals surface area contributed by atoms with Gasteiger partial charge in [-0.2, -0.15) is 5.10 Å². The van der Waals surface area contributed by atoms with Crippen LogP contribution >= 0.6 is 0 Å². The SMILES string of the molecule is Cn1nccc1C(O)c1cnnn1C. The lowest BCUT2D eigenvalue weighted by Crippen LogP contribution is -2.10. The van der Waals surface area contributed by atoms with Crippen LogP contribution in [0.2, 0.25) is 0 Å². The Morgan fingerprint density at radius 1 is 1.29 bits per heavy atom. The van der Waals surface area contributed by atoms with Gasteiger partial charge in [0.15, 0.2) is 0 Å². The Bertz CT molecular complexity index is 392. The normalized spacial score (nSPS) is 13.1. The summed E-state index contributed by atoms with van der Waals surface area (Å²) in [5.74, 6) is 0. The van der Waals surface area contributed by atoms with Gasteiger partial charge in [-0.05, 0) is 6.07 Å². The molecule has 2 aromatic rings. The predicted molar refractivity (Wildman–Crippen MR) is 48.3 cm³/mol. The van der Waals surface area contributed by atoms with Crippen molar-refractivity contribution in [2.45, 2.75) is 6.10 Å². The zero-order valence-electron chi connectivity index (χ0n) is 7.99. The fourth-order valence-electron chi connectivity index (χ4n) is 1.35. The van der Waals surface area contributed by atoms with E-state index >= 15 is 0 Å². The van der Waals surface area contributed by atoms with Crippen LogP contribution in [0.3, 0.4) is 0 Å². The van der Waals surface area contributed by atoms with Gasteiger partial charge in [0.05, 0.1) is 17.6 Å². The highest BCUT2D eigenvalue weighted by atomic mass is 16.3. The average Bonchev–Trinajstić information content (AvgIpc) is 2.73. The molecule has 6 heteroatoms. The van der Waals surface area contributed by atoms with E-state index in [2.05, 4.69) is 15.4 Å². The van der Waals surface area contributed by atoms with Gasteiger partial charge in [-0.15, -0.1) is 5.10 Å². The average molecular weight is 193 g/mol. The zero-order chi connectivity index (χ0) is 10.1. The smallest absolute Gasteiger partial charge is 0.139 e. The molecule has 0 aliphatic rings. The molecule has 0 amide bonds. The maximum Gasteiger partial charge on any atom is 0.139 e. The van der Waals surface area contributed by atoms with Crippen LogP contribution in [-0.2, 0) is 14.1 Å². The Hall–Kier alpha value is -1.69. The van der Waals surface area contributed by atoms with Gasteiger partial charge >= 0.3 is 0 Å². The Kier molecular flexibility index (Phi) is 2.05. The summed E-state index contributed by atoms with van der Waals surface area (Å²) in [5, 5.41) is 21.4. The molecular weight excluding hydrogens is 182 g/mol. The highest BCUT2D eigenvalue weighted by Crippen LogP contribution is 2.18. The number of aromatic nitrogens is 5. The van der Waals surface area contributed by atoms with Crippen molar-refractivity contribution in [2.24, 2.45) is 14.1 Å². The molecule has 0 spiro atoms. The van der Waals surface area contributed by atoms with Crippen molar-refractivity contribution >= 4 is 0 Å². The Labute approximate surface area is 80.8 Å². The molecule has 0 aliphatic heterocycles. The summed E-state index contributed by atoms with van der Waals surface area (Å²) in [6.45, 7) is 0. The molecule has 1 atom stereocenters. The van der Waals surface area contributed by atoms with E-state index in [9.17, 15) is 5.11 Å². The monoisotopic (exact) mass is 193 g/mol. The number of nitrogens with zero attached hydrogens (tertiary/aromatic N) is 5. The fourth-order valence-corrected chi connectivity index (χ4v) is 1.35. The van der Waals surface area contributed by atoms with E-state index in [0.717, 1.165) is 5.69 Å². The lowest BCUT2D eigenvalue weighted by atomic mass is 10.2. The quantitative estimate of drug-likeness (QED) is 0.706. The van der Waals surface area contributed by atoms with Crippen LogP contribution in [0, 0.1) is 0 Å². The standard InChI is InChI=1S/C8H11N5O/c1-12-6(3-4-10-12)8(14)7-5-9-11-13(7)2/h3-5,8,14H,1-2H3. The number of rotatable bonds is 2. The van der Waals surface area contributed by atoms with Gasteiger partial charge in [0.1, 0.15) is 6.10 Å². The summed E-state index contributed by atoms with van der Waals surface area (Å²) >= 11 is 0. The van der Waals surface area contributed by atoms with Crippen molar-refractivity contribution in [3.05, 3.63) is 29.8 Å². The van der Waals surface area contributed by atoms with Crippen molar-refractivity contribution in [2.75, 3.05) is 0 Å². The summed E-state index contributed by atoms with van der Waals surface area (Å²) in [6, 6.07) is 1.76. The molecule has 0 bridgehead atoms. The Morgan fingerprint density at radius 3 is 2.57 bits per heavy atom. The van der Waals surface area contributed by atoms with Crippen LogP contribution in [0.1, 0.15) is 17.5 Å². The van der Waals surface area contributed by atoms with Crippen molar-refractivity contribution in [3.63, 3.8) is 0 Å². The predicted octanol–water partition coefficient (Wildman–Crippen LogP) is -0.370. The first-order valence-electron chi connectivity index (χ1n) is 4.20. The molecule has 2 heterocycles. The minimum absolute atomic E-state index is 0.647. The second-order valence-corrected chi connectivity index (χ2v) is 3.06. The van der Waals surface area contributed by atoms with Gasteiger partial charge in [0.25, 0.3) is 0 Å². The van der Waals surface area contributed by atoms with Gasteiger partial charge < -0.3 is 5.11 Å². The number of aliphatic hydroxyl groups is 1. The molecule has 74 valence electrons. The van der Waals surface area contributed by atoms with Crippen LogP contribution in [0.15, 0.2) is 18.5 Å². The summed E-state index contributed by atoms with van der Waals surface area (Å²) in [6.07, 6.45) is 2.45. The first-order valence-corrected chi connectivity index (χ1v) is 4.20. The van der Waals surface area contributed by atoms with E-state index in [1.54, 1.807) is 31.0 Å². The van der Waals surface area contributed by atoms with Gasteiger partial charge in [0.2, 0.25) is 0 Å². The number of hydrogen-bond acceptors (Lipinski definition) is 4. The Morgan fingerprint density at radius 2 is 2.07 bits per heavy atom. The third kappa shape index (κ3) is 1.29.